The Morgan fingerprint density at radius 2 is 1.76 bits per heavy atom. The SMILES string of the molecule is N#C/C(=C\c1ccc(OCc2ccccc2Br)cc1)C(=O)Nc1ccc(F)cc1. The summed E-state index contributed by atoms with van der Waals surface area (Å²) < 4.78 is 19.7. The molecular formula is C23H16BrFN2O2. The molecule has 6 heteroatoms. The molecule has 0 fully saturated rings. The number of carbonyl (C=O) groups is 1. The zero-order valence-corrected chi connectivity index (χ0v) is 16.8. The molecule has 0 aromatic heterocycles. The fourth-order valence-corrected chi connectivity index (χ4v) is 2.88. The van der Waals surface area contributed by atoms with Crippen molar-refractivity contribution in [2.45, 2.75) is 6.61 Å². The molecule has 1 amide bonds. The van der Waals surface area contributed by atoms with Crippen molar-refractivity contribution in [3.8, 4) is 11.8 Å². The third-order valence-electron chi connectivity index (χ3n) is 4.01. The van der Waals surface area contributed by atoms with Crippen molar-refractivity contribution < 1.29 is 13.9 Å². The smallest absolute Gasteiger partial charge is 0.266 e. The summed E-state index contributed by atoms with van der Waals surface area (Å²) >= 11 is 3.48. The van der Waals surface area contributed by atoms with E-state index >= 15 is 0 Å². The fraction of sp³-hybridized carbons (Fsp3) is 0.0435. The Hall–Kier alpha value is -3.43. The number of halogens is 2. The van der Waals surface area contributed by atoms with Crippen LogP contribution >= 0.6 is 15.9 Å². The number of hydrogen-bond donors (Lipinski definition) is 1. The van der Waals surface area contributed by atoms with E-state index in [1.165, 1.54) is 30.3 Å². The van der Waals surface area contributed by atoms with E-state index in [0.717, 1.165) is 10.0 Å². The Balaban J connectivity index is 1.65. The number of hydrogen-bond acceptors (Lipinski definition) is 3. The lowest BCUT2D eigenvalue weighted by Gasteiger charge is -2.08. The number of nitrogens with zero attached hydrogens (tertiary/aromatic N) is 1. The minimum absolute atomic E-state index is 0.0591. The lowest BCUT2D eigenvalue weighted by atomic mass is 10.1. The summed E-state index contributed by atoms with van der Waals surface area (Å²) in [6.45, 7) is 0.417. The summed E-state index contributed by atoms with van der Waals surface area (Å²) in [6, 6.07) is 22.1. The van der Waals surface area contributed by atoms with Crippen molar-refractivity contribution in [1.82, 2.24) is 0 Å². The Kier molecular flexibility index (Phi) is 6.77. The molecule has 3 aromatic carbocycles. The number of amides is 1. The van der Waals surface area contributed by atoms with Crippen LogP contribution in [0.2, 0.25) is 0 Å². The first kappa shape index (κ1) is 20.3. The maximum absolute atomic E-state index is 13.0. The Morgan fingerprint density at radius 3 is 2.41 bits per heavy atom. The van der Waals surface area contributed by atoms with E-state index in [0.29, 0.717) is 23.6 Å². The van der Waals surface area contributed by atoms with Crippen molar-refractivity contribution in [2.24, 2.45) is 0 Å². The number of nitriles is 1. The normalized spacial score (nSPS) is 10.9. The van der Waals surface area contributed by atoms with Crippen LogP contribution in [-0.4, -0.2) is 5.91 Å². The molecule has 0 aliphatic heterocycles. The van der Waals surface area contributed by atoms with Crippen molar-refractivity contribution >= 4 is 33.6 Å². The standard InChI is InChI=1S/C23H16BrFN2O2/c24-22-4-2-1-3-17(22)15-29-21-11-5-16(6-12-21)13-18(14-26)23(28)27-20-9-7-19(25)8-10-20/h1-13H,15H2,(H,27,28)/b18-13+. The number of carbonyl (C=O) groups excluding carboxylic acids is 1. The zero-order valence-electron chi connectivity index (χ0n) is 15.2. The van der Waals surface area contributed by atoms with E-state index in [9.17, 15) is 14.4 Å². The maximum Gasteiger partial charge on any atom is 0.266 e. The molecule has 0 unspecified atom stereocenters. The van der Waals surface area contributed by atoms with Gasteiger partial charge in [-0.2, -0.15) is 5.26 Å². The predicted octanol–water partition coefficient (Wildman–Crippen LogP) is 5.71. The largest absolute Gasteiger partial charge is 0.489 e. The average molecular weight is 451 g/mol. The highest BCUT2D eigenvalue weighted by atomic mass is 79.9. The molecule has 0 saturated heterocycles. The Morgan fingerprint density at radius 1 is 1.07 bits per heavy atom. The summed E-state index contributed by atoms with van der Waals surface area (Å²) in [6.07, 6.45) is 1.48. The van der Waals surface area contributed by atoms with Gasteiger partial charge in [0.05, 0.1) is 0 Å². The van der Waals surface area contributed by atoms with Crippen molar-refractivity contribution in [3.63, 3.8) is 0 Å². The third kappa shape index (κ3) is 5.77. The van der Waals surface area contributed by atoms with Crippen molar-refractivity contribution in [1.29, 1.82) is 5.26 Å². The minimum Gasteiger partial charge on any atom is -0.489 e. The number of benzene rings is 3. The molecule has 1 N–H and O–H groups in total. The van der Waals surface area contributed by atoms with Crippen LogP contribution in [0.5, 0.6) is 5.75 Å². The number of ether oxygens (including phenoxy) is 1. The first-order valence-electron chi connectivity index (χ1n) is 8.70. The summed E-state index contributed by atoms with van der Waals surface area (Å²) in [7, 11) is 0. The predicted molar refractivity (Wildman–Crippen MR) is 114 cm³/mol. The third-order valence-corrected chi connectivity index (χ3v) is 4.78. The van der Waals surface area contributed by atoms with Crippen LogP contribution in [0.3, 0.4) is 0 Å². The lowest BCUT2D eigenvalue weighted by molar-refractivity contribution is -0.112. The average Bonchev–Trinajstić information content (AvgIpc) is 2.74. The molecule has 0 bridgehead atoms. The molecule has 3 aromatic rings. The van der Waals surface area contributed by atoms with Gasteiger partial charge in [0, 0.05) is 15.7 Å². The summed E-state index contributed by atoms with van der Waals surface area (Å²) in [4.78, 5) is 12.3. The highest BCUT2D eigenvalue weighted by Crippen LogP contribution is 2.20. The Bertz CT molecular complexity index is 1070. The van der Waals surface area contributed by atoms with Gasteiger partial charge in [0.15, 0.2) is 0 Å². The molecule has 3 rings (SSSR count). The molecule has 4 nitrogen and oxygen atoms in total. The second-order valence-electron chi connectivity index (χ2n) is 6.08. The first-order valence-corrected chi connectivity index (χ1v) is 9.49. The fourth-order valence-electron chi connectivity index (χ4n) is 2.48. The highest BCUT2D eigenvalue weighted by molar-refractivity contribution is 9.10. The molecule has 0 saturated carbocycles. The highest BCUT2D eigenvalue weighted by Gasteiger charge is 2.10. The van der Waals surface area contributed by atoms with Crippen molar-refractivity contribution in [3.05, 3.63) is 99.8 Å². The van der Waals surface area contributed by atoms with Gasteiger partial charge in [-0.25, -0.2) is 4.39 Å². The monoisotopic (exact) mass is 450 g/mol. The first-order chi connectivity index (χ1) is 14.0. The van der Waals surface area contributed by atoms with Crippen LogP contribution in [0.15, 0.2) is 82.8 Å². The molecule has 0 radical (unpaired) electrons. The molecule has 0 atom stereocenters. The van der Waals surface area contributed by atoms with E-state index in [-0.39, 0.29) is 5.57 Å². The topological polar surface area (TPSA) is 62.1 Å². The van der Waals surface area contributed by atoms with Gasteiger partial charge in [0.25, 0.3) is 5.91 Å². The van der Waals surface area contributed by atoms with E-state index in [1.54, 1.807) is 24.3 Å². The molecule has 0 aliphatic carbocycles. The van der Waals surface area contributed by atoms with Crippen LogP contribution in [0.1, 0.15) is 11.1 Å². The van der Waals surface area contributed by atoms with E-state index in [4.69, 9.17) is 4.74 Å². The molecule has 0 aliphatic rings. The quantitative estimate of drug-likeness (QED) is 0.386. The number of anilines is 1. The molecule has 0 spiro atoms. The molecule has 29 heavy (non-hydrogen) atoms. The van der Waals surface area contributed by atoms with Crippen LogP contribution in [0, 0.1) is 17.1 Å². The molecule has 144 valence electrons. The maximum atomic E-state index is 13.0. The molecular weight excluding hydrogens is 435 g/mol. The van der Waals surface area contributed by atoms with Gasteiger partial charge in [-0.05, 0) is 54.1 Å². The van der Waals surface area contributed by atoms with Gasteiger partial charge in [-0.15, -0.1) is 0 Å². The van der Waals surface area contributed by atoms with Gasteiger partial charge in [0.2, 0.25) is 0 Å². The zero-order chi connectivity index (χ0) is 20.6. The second kappa shape index (κ2) is 9.67. The van der Waals surface area contributed by atoms with Gasteiger partial charge in [-0.1, -0.05) is 46.3 Å². The van der Waals surface area contributed by atoms with E-state index in [2.05, 4.69) is 21.2 Å². The van der Waals surface area contributed by atoms with Crippen LogP contribution in [0.25, 0.3) is 6.08 Å². The van der Waals surface area contributed by atoms with Gasteiger partial charge < -0.3 is 10.1 Å². The van der Waals surface area contributed by atoms with E-state index in [1.807, 2.05) is 30.3 Å². The summed E-state index contributed by atoms with van der Waals surface area (Å²) in [5.41, 5.74) is 2.06. The minimum atomic E-state index is -0.562. The number of rotatable bonds is 6. The second-order valence-corrected chi connectivity index (χ2v) is 6.93. The Labute approximate surface area is 176 Å². The van der Waals surface area contributed by atoms with Gasteiger partial charge in [-0.3, -0.25) is 4.79 Å². The van der Waals surface area contributed by atoms with Crippen LogP contribution in [0.4, 0.5) is 10.1 Å². The lowest BCUT2D eigenvalue weighted by Crippen LogP contribution is -2.13. The molecule has 0 heterocycles. The number of nitrogens with one attached hydrogen (secondary N) is 1. The van der Waals surface area contributed by atoms with Crippen LogP contribution in [-0.2, 0) is 11.4 Å². The van der Waals surface area contributed by atoms with Crippen LogP contribution < -0.4 is 10.1 Å². The van der Waals surface area contributed by atoms with Gasteiger partial charge in [0.1, 0.15) is 29.8 Å². The summed E-state index contributed by atoms with van der Waals surface area (Å²) in [5, 5.41) is 11.9. The van der Waals surface area contributed by atoms with E-state index < -0.39 is 11.7 Å². The van der Waals surface area contributed by atoms with Gasteiger partial charge >= 0.3 is 0 Å². The van der Waals surface area contributed by atoms with Crippen molar-refractivity contribution in [2.75, 3.05) is 5.32 Å². The summed E-state index contributed by atoms with van der Waals surface area (Å²) in [5.74, 6) is -0.290.